The lowest BCUT2D eigenvalue weighted by atomic mass is 10.2. The number of carbonyl (C=O) groups excluding carboxylic acids is 1. The van der Waals surface area contributed by atoms with Crippen LogP contribution in [0.25, 0.3) is 11.0 Å². The Labute approximate surface area is 168 Å². The Morgan fingerprint density at radius 1 is 1.24 bits per heavy atom. The molecule has 0 unspecified atom stereocenters. The van der Waals surface area contributed by atoms with Crippen molar-refractivity contribution in [2.75, 3.05) is 36.6 Å². The summed E-state index contributed by atoms with van der Waals surface area (Å²) < 4.78 is 23.1. The Morgan fingerprint density at radius 3 is 2.72 bits per heavy atom. The fourth-order valence-electron chi connectivity index (χ4n) is 3.52. The molecule has 29 heavy (non-hydrogen) atoms. The van der Waals surface area contributed by atoms with Crippen molar-refractivity contribution >= 4 is 38.4 Å². The van der Waals surface area contributed by atoms with E-state index >= 15 is 0 Å². The highest BCUT2D eigenvalue weighted by Gasteiger charge is 2.30. The van der Waals surface area contributed by atoms with Crippen molar-refractivity contribution in [1.29, 1.82) is 0 Å². The van der Waals surface area contributed by atoms with Gasteiger partial charge in [-0.25, -0.2) is 23.2 Å². The number of carbonyl (C=O) groups is 1. The van der Waals surface area contributed by atoms with Crippen molar-refractivity contribution < 1.29 is 13.2 Å². The van der Waals surface area contributed by atoms with Crippen LogP contribution in [-0.2, 0) is 9.84 Å². The van der Waals surface area contributed by atoms with Crippen LogP contribution in [0.2, 0.25) is 0 Å². The molecule has 1 saturated heterocycles. The third-order valence-electron chi connectivity index (χ3n) is 5.20. The number of rotatable bonds is 4. The molecule has 4 rings (SSSR count). The predicted octanol–water partition coefficient (Wildman–Crippen LogP) is 2.10. The van der Waals surface area contributed by atoms with Gasteiger partial charge >= 0.3 is 6.03 Å². The number of H-pyrrole nitrogens is 1. The van der Waals surface area contributed by atoms with E-state index in [0.717, 1.165) is 36.1 Å². The minimum absolute atomic E-state index is 0.0363. The Hall–Kier alpha value is -3.14. The second-order valence-electron chi connectivity index (χ2n) is 7.16. The normalized spacial score (nSPS) is 16.9. The minimum atomic E-state index is -3.26. The smallest absolute Gasteiger partial charge is 0.321 e. The lowest BCUT2D eigenvalue weighted by molar-refractivity contribution is 0.208. The molecule has 0 bridgehead atoms. The van der Waals surface area contributed by atoms with Gasteiger partial charge in [-0.15, -0.1) is 0 Å². The predicted molar refractivity (Wildman–Crippen MR) is 111 cm³/mol. The van der Waals surface area contributed by atoms with E-state index in [9.17, 15) is 13.2 Å². The van der Waals surface area contributed by atoms with E-state index in [1.54, 1.807) is 24.1 Å². The number of amides is 2. The van der Waals surface area contributed by atoms with Gasteiger partial charge in [0.15, 0.2) is 9.84 Å². The SMILES string of the molecule is CN(C(=O)Nc1ccc(S(C)(=O)=O)cc1)[C@@H]1CCN(c2ncnc3[nH]ccc23)C1. The Morgan fingerprint density at radius 2 is 2.00 bits per heavy atom. The topological polar surface area (TPSA) is 111 Å². The summed E-state index contributed by atoms with van der Waals surface area (Å²) in [7, 11) is -1.50. The molecule has 9 nitrogen and oxygen atoms in total. The molecule has 1 aliphatic heterocycles. The zero-order valence-corrected chi connectivity index (χ0v) is 17.0. The summed E-state index contributed by atoms with van der Waals surface area (Å²) in [5.41, 5.74) is 1.34. The molecular formula is C19H22N6O3S. The van der Waals surface area contributed by atoms with E-state index in [4.69, 9.17) is 0 Å². The highest BCUT2D eigenvalue weighted by atomic mass is 32.2. The number of hydrogen-bond donors (Lipinski definition) is 2. The average Bonchev–Trinajstić information content (AvgIpc) is 3.36. The van der Waals surface area contributed by atoms with E-state index < -0.39 is 9.84 Å². The largest absolute Gasteiger partial charge is 0.354 e. The lowest BCUT2D eigenvalue weighted by Crippen LogP contribution is -2.41. The molecule has 2 aromatic heterocycles. The van der Waals surface area contributed by atoms with E-state index in [1.165, 1.54) is 18.5 Å². The number of nitrogens with one attached hydrogen (secondary N) is 2. The molecule has 3 aromatic rings. The summed E-state index contributed by atoms with van der Waals surface area (Å²) >= 11 is 0. The molecule has 2 N–H and O–H groups in total. The number of likely N-dealkylation sites (N-methyl/N-ethyl adjacent to an activating group) is 1. The van der Waals surface area contributed by atoms with Crippen molar-refractivity contribution in [3.8, 4) is 0 Å². The van der Waals surface area contributed by atoms with Gasteiger partial charge in [0.05, 0.1) is 16.3 Å². The van der Waals surface area contributed by atoms with Gasteiger partial charge in [0.2, 0.25) is 0 Å². The summed E-state index contributed by atoms with van der Waals surface area (Å²) in [4.78, 5) is 28.4. The van der Waals surface area contributed by atoms with Gasteiger partial charge in [-0.1, -0.05) is 0 Å². The first-order chi connectivity index (χ1) is 13.8. The summed E-state index contributed by atoms with van der Waals surface area (Å²) in [6.45, 7) is 1.47. The van der Waals surface area contributed by atoms with Gasteiger partial charge in [0.25, 0.3) is 0 Å². The molecule has 1 aliphatic rings. The number of fused-ring (bicyclic) bond motifs is 1. The molecule has 1 atom stereocenters. The molecule has 0 aliphatic carbocycles. The molecule has 3 heterocycles. The molecule has 1 fully saturated rings. The Kier molecular flexibility index (Phi) is 4.87. The zero-order chi connectivity index (χ0) is 20.6. The molecule has 0 spiro atoms. The first kappa shape index (κ1) is 19.2. The average molecular weight is 414 g/mol. The fraction of sp³-hybridized carbons (Fsp3) is 0.316. The van der Waals surface area contributed by atoms with Gasteiger partial charge in [-0.2, -0.15) is 0 Å². The van der Waals surface area contributed by atoms with Crippen LogP contribution < -0.4 is 10.2 Å². The molecular weight excluding hydrogens is 392 g/mol. The first-order valence-corrected chi connectivity index (χ1v) is 11.1. The highest BCUT2D eigenvalue weighted by Crippen LogP contribution is 2.27. The minimum Gasteiger partial charge on any atom is -0.354 e. The molecule has 2 amide bonds. The Bertz CT molecular complexity index is 1140. The van der Waals surface area contributed by atoms with Gasteiger partial charge in [0.1, 0.15) is 17.8 Å². The number of hydrogen-bond acceptors (Lipinski definition) is 6. The standard InChI is InChI=1S/C19H22N6O3S/c1-24(19(26)23-13-3-5-15(6-4-13)29(2,27)28)14-8-10-25(11-14)18-16-7-9-20-17(16)21-12-22-18/h3-7,9,12,14H,8,10-11H2,1-2H3,(H,23,26)(H,20,21,22)/t14-/m1/s1. The van der Waals surface area contributed by atoms with Crippen LogP contribution in [0.1, 0.15) is 6.42 Å². The number of anilines is 2. The van der Waals surface area contributed by atoms with Crippen molar-refractivity contribution in [2.24, 2.45) is 0 Å². The number of aromatic nitrogens is 3. The fourth-order valence-corrected chi connectivity index (χ4v) is 4.15. The number of aromatic amines is 1. The summed E-state index contributed by atoms with van der Waals surface area (Å²) in [6, 6.07) is 7.90. The molecule has 0 radical (unpaired) electrons. The summed E-state index contributed by atoms with van der Waals surface area (Å²) in [5, 5.41) is 3.78. The van der Waals surface area contributed by atoms with Gasteiger partial charge in [-0.3, -0.25) is 0 Å². The molecule has 10 heteroatoms. The van der Waals surface area contributed by atoms with Crippen LogP contribution in [0, 0.1) is 0 Å². The molecule has 152 valence electrons. The van der Waals surface area contributed by atoms with Crippen molar-refractivity contribution in [1.82, 2.24) is 19.9 Å². The number of urea groups is 1. The van der Waals surface area contributed by atoms with Gasteiger partial charge in [-0.05, 0) is 36.8 Å². The second kappa shape index (κ2) is 7.36. The van der Waals surface area contributed by atoms with E-state index in [0.29, 0.717) is 12.2 Å². The van der Waals surface area contributed by atoms with E-state index in [1.807, 2.05) is 12.3 Å². The lowest BCUT2D eigenvalue weighted by Gasteiger charge is -2.25. The van der Waals surface area contributed by atoms with Crippen LogP contribution >= 0.6 is 0 Å². The summed E-state index contributed by atoms with van der Waals surface area (Å²) in [6.07, 6.45) is 5.36. The van der Waals surface area contributed by atoms with Gasteiger partial charge in [0, 0.05) is 38.3 Å². The van der Waals surface area contributed by atoms with Crippen LogP contribution in [-0.4, -0.2) is 66.7 Å². The van der Waals surface area contributed by atoms with E-state index in [2.05, 4.69) is 25.2 Å². The Balaban J connectivity index is 1.41. The van der Waals surface area contributed by atoms with Crippen molar-refractivity contribution in [2.45, 2.75) is 17.4 Å². The van der Waals surface area contributed by atoms with Crippen molar-refractivity contribution in [3.05, 3.63) is 42.9 Å². The third-order valence-corrected chi connectivity index (χ3v) is 6.33. The second-order valence-corrected chi connectivity index (χ2v) is 9.18. The maximum absolute atomic E-state index is 12.6. The quantitative estimate of drug-likeness (QED) is 0.676. The molecule has 0 saturated carbocycles. The number of nitrogens with zero attached hydrogens (tertiary/aromatic N) is 4. The van der Waals surface area contributed by atoms with Crippen LogP contribution in [0.3, 0.4) is 0 Å². The highest BCUT2D eigenvalue weighted by molar-refractivity contribution is 7.90. The maximum Gasteiger partial charge on any atom is 0.321 e. The van der Waals surface area contributed by atoms with Crippen LogP contribution in [0.15, 0.2) is 47.8 Å². The zero-order valence-electron chi connectivity index (χ0n) is 16.2. The number of benzene rings is 1. The van der Waals surface area contributed by atoms with Crippen LogP contribution in [0.5, 0.6) is 0 Å². The molecule has 1 aromatic carbocycles. The number of sulfone groups is 1. The van der Waals surface area contributed by atoms with E-state index in [-0.39, 0.29) is 17.0 Å². The monoisotopic (exact) mass is 414 g/mol. The first-order valence-electron chi connectivity index (χ1n) is 9.20. The third kappa shape index (κ3) is 3.88. The van der Waals surface area contributed by atoms with Crippen LogP contribution in [0.4, 0.5) is 16.3 Å². The maximum atomic E-state index is 12.6. The van der Waals surface area contributed by atoms with Gasteiger partial charge < -0.3 is 20.1 Å². The summed E-state index contributed by atoms with van der Waals surface area (Å²) in [5.74, 6) is 0.865. The van der Waals surface area contributed by atoms with Crippen molar-refractivity contribution in [3.63, 3.8) is 0 Å².